The molecule has 136 valence electrons. The lowest BCUT2D eigenvalue weighted by molar-refractivity contribution is -0.122. The summed E-state index contributed by atoms with van der Waals surface area (Å²) >= 11 is 0. The molecule has 0 bridgehead atoms. The minimum atomic E-state index is -2.95. The van der Waals surface area contributed by atoms with E-state index in [2.05, 4.69) is 10.1 Å². The lowest BCUT2D eigenvalue weighted by Crippen LogP contribution is -2.41. The highest BCUT2D eigenvalue weighted by atomic mass is 19.3. The number of benzene rings is 1. The van der Waals surface area contributed by atoms with E-state index in [4.69, 9.17) is 10.5 Å². The number of amides is 1. The monoisotopic (exact) mass is 344 g/mol. The van der Waals surface area contributed by atoms with Crippen molar-refractivity contribution in [2.24, 2.45) is 11.7 Å². The molecule has 1 aromatic rings. The van der Waals surface area contributed by atoms with Crippen molar-refractivity contribution in [1.82, 2.24) is 5.32 Å². The molecule has 0 saturated carbocycles. The molecule has 1 atom stereocenters. The summed E-state index contributed by atoms with van der Waals surface area (Å²) in [4.78, 5) is 11.9. The second-order valence-electron chi connectivity index (χ2n) is 5.95. The summed E-state index contributed by atoms with van der Waals surface area (Å²) < 4.78 is 35.1. The molecule has 0 radical (unpaired) electrons. The molecular formula is C17H26F2N2O3. The summed E-state index contributed by atoms with van der Waals surface area (Å²) in [5.74, 6) is 0.395. The van der Waals surface area contributed by atoms with Gasteiger partial charge in [-0.15, -0.1) is 0 Å². The summed E-state index contributed by atoms with van der Waals surface area (Å²) in [5, 5.41) is 2.65. The summed E-state index contributed by atoms with van der Waals surface area (Å²) in [7, 11) is 0. The Morgan fingerprint density at radius 1 is 1.33 bits per heavy atom. The molecule has 24 heavy (non-hydrogen) atoms. The number of alkyl halides is 2. The van der Waals surface area contributed by atoms with Gasteiger partial charge in [0.05, 0.1) is 12.6 Å². The predicted octanol–water partition coefficient (Wildman–Crippen LogP) is 3.07. The van der Waals surface area contributed by atoms with Gasteiger partial charge in [-0.3, -0.25) is 4.79 Å². The van der Waals surface area contributed by atoms with Crippen LogP contribution < -0.4 is 20.5 Å². The Kier molecular flexibility index (Phi) is 8.46. The largest absolute Gasteiger partial charge is 0.493 e. The van der Waals surface area contributed by atoms with Crippen LogP contribution >= 0.6 is 0 Å². The fraction of sp³-hybridized carbons (Fsp3) is 0.588. The SMILES string of the molecule is CCCOc1ccc(CNC(=O)[C@@H](N)CC(C)C)c(OC(F)F)c1. The fourth-order valence-corrected chi connectivity index (χ4v) is 2.12. The summed E-state index contributed by atoms with van der Waals surface area (Å²) in [6.07, 6.45) is 1.35. The molecule has 0 spiro atoms. The molecular weight excluding hydrogens is 318 g/mol. The van der Waals surface area contributed by atoms with E-state index in [0.29, 0.717) is 30.3 Å². The smallest absolute Gasteiger partial charge is 0.387 e. The number of hydrogen-bond donors (Lipinski definition) is 2. The fourth-order valence-electron chi connectivity index (χ4n) is 2.12. The summed E-state index contributed by atoms with van der Waals surface area (Å²) in [6.45, 7) is 3.47. The maximum atomic E-state index is 12.6. The van der Waals surface area contributed by atoms with Gasteiger partial charge in [-0.05, 0) is 30.9 Å². The van der Waals surface area contributed by atoms with Crippen LogP contribution in [0.2, 0.25) is 0 Å². The molecule has 0 heterocycles. The Balaban J connectivity index is 2.76. The third kappa shape index (κ3) is 7.12. The first kappa shape index (κ1) is 20.2. The van der Waals surface area contributed by atoms with Crippen LogP contribution in [0.5, 0.6) is 11.5 Å². The summed E-state index contributed by atoms with van der Waals surface area (Å²) in [5.41, 5.74) is 6.23. The maximum Gasteiger partial charge on any atom is 0.387 e. The molecule has 3 N–H and O–H groups in total. The highest BCUT2D eigenvalue weighted by Gasteiger charge is 2.16. The lowest BCUT2D eigenvalue weighted by Gasteiger charge is -2.16. The Labute approximate surface area is 141 Å². The van der Waals surface area contributed by atoms with Crippen molar-refractivity contribution >= 4 is 5.91 Å². The van der Waals surface area contributed by atoms with Crippen LogP contribution in [0, 0.1) is 5.92 Å². The molecule has 1 rings (SSSR count). The van der Waals surface area contributed by atoms with Gasteiger partial charge in [-0.1, -0.05) is 20.8 Å². The molecule has 1 aromatic carbocycles. The molecule has 5 nitrogen and oxygen atoms in total. The van der Waals surface area contributed by atoms with E-state index in [1.807, 2.05) is 20.8 Å². The highest BCUT2D eigenvalue weighted by Crippen LogP contribution is 2.26. The molecule has 0 aromatic heterocycles. The molecule has 0 fully saturated rings. The van der Waals surface area contributed by atoms with Crippen LogP contribution in [0.3, 0.4) is 0 Å². The number of rotatable bonds is 10. The zero-order valence-electron chi connectivity index (χ0n) is 14.4. The van der Waals surface area contributed by atoms with Gasteiger partial charge in [0.15, 0.2) is 0 Å². The maximum absolute atomic E-state index is 12.6. The van der Waals surface area contributed by atoms with Crippen LogP contribution in [0.25, 0.3) is 0 Å². The van der Waals surface area contributed by atoms with E-state index < -0.39 is 12.7 Å². The average molecular weight is 344 g/mol. The van der Waals surface area contributed by atoms with Crippen molar-refractivity contribution in [3.05, 3.63) is 23.8 Å². The number of halogens is 2. The van der Waals surface area contributed by atoms with Crippen LogP contribution in [-0.4, -0.2) is 25.2 Å². The standard InChI is InChI=1S/C17H26F2N2O3/c1-4-7-23-13-6-5-12(15(9-13)24-17(18)19)10-21-16(22)14(20)8-11(2)3/h5-6,9,11,14,17H,4,7-8,10,20H2,1-3H3,(H,21,22)/t14-/m0/s1. The van der Waals surface area contributed by atoms with Crippen molar-refractivity contribution in [2.75, 3.05) is 6.61 Å². The van der Waals surface area contributed by atoms with E-state index in [9.17, 15) is 13.6 Å². The first-order chi connectivity index (χ1) is 11.3. The van der Waals surface area contributed by atoms with Crippen molar-refractivity contribution in [3.8, 4) is 11.5 Å². The average Bonchev–Trinajstić information content (AvgIpc) is 2.50. The lowest BCUT2D eigenvalue weighted by atomic mass is 10.0. The summed E-state index contributed by atoms with van der Waals surface area (Å²) in [6, 6.07) is 4.02. The Morgan fingerprint density at radius 3 is 2.62 bits per heavy atom. The van der Waals surface area contributed by atoms with Gasteiger partial charge in [0.2, 0.25) is 5.91 Å². The zero-order chi connectivity index (χ0) is 18.1. The zero-order valence-corrected chi connectivity index (χ0v) is 14.4. The van der Waals surface area contributed by atoms with Crippen LogP contribution in [0.1, 0.15) is 39.2 Å². The van der Waals surface area contributed by atoms with Gasteiger partial charge in [-0.2, -0.15) is 8.78 Å². The van der Waals surface area contributed by atoms with Crippen molar-refractivity contribution in [2.45, 2.75) is 52.8 Å². The van der Waals surface area contributed by atoms with E-state index in [1.54, 1.807) is 12.1 Å². The van der Waals surface area contributed by atoms with Crippen LogP contribution in [0.4, 0.5) is 8.78 Å². The molecule has 0 aliphatic carbocycles. The van der Waals surface area contributed by atoms with Gasteiger partial charge in [0, 0.05) is 18.2 Å². The van der Waals surface area contributed by atoms with Crippen molar-refractivity contribution < 1.29 is 23.0 Å². The second-order valence-corrected chi connectivity index (χ2v) is 5.95. The van der Waals surface area contributed by atoms with Crippen LogP contribution in [0.15, 0.2) is 18.2 Å². The minimum absolute atomic E-state index is 0.0173. The van der Waals surface area contributed by atoms with Gasteiger partial charge in [-0.25, -0.2) is 0 Å². The number of nitrogens with one attached hydrogen (secondary N) is 1. The second kappa shape index (κ2) is 10.1. The van der Waals surface area contributed by atoms with Gasteiger partial charge in [0.25, 0.3) is 0 Å². The topological polar surface area (TPSA) is 73.6 Å². The van der Waals surface area contributed by atoms with E-state index >= 15 is 0 Å². The normalized spacial score (nSPS) is 12.3. The molecule has 0 aliphatic heterocycles. The van der Waals surface area contributed by atoms with Gasteiger partial charge >= 0.3 is 6.61 Å². The van der Waals surface area contributed by atoms with E-state index in [-0.39, 0.29) is 18.2 Å². The van der Waals surface area contributed by atoms with Crippen LogP contribution in [-0.2, 0) is 11.3 Å². The third-order valence-corrected chi connectivity index (χ3v) is 3.24. The highest BCUT2D eigenvalue weighted by molar-refractivity contribution is 5.81. The van der Waals surface area contributed by atoms with Gasteiger partial charge < -0.3 is 20.5 Å². The Hall–Kier alpha value is -1.89. The third-order valence-electron chi connectivity index (χ3n) is 3.24. The number of carbonyl (C=O) groups is 1. The molecule has 1 amide bonds. The predicted molar refractivity (Wildman–Crippen MR) is 88.1 cm³/mol. The number of ether oxygens (including phenoxy) is 2. The first-order valence-corrected chi connectivity index (χ1v) is 8.07. The Morgan fingerprint density at radius 2 is 2.04 bits per heavy atom. The molecule has 0 unspecified atom stereocenters. The van der Waals surface area contributed by atoms with Gasteiger partial charge in [0.1, 0.15) is 11.5 Å². The van der Waals surface area contributed by atoms with E-state index in [1.165, 1.54) is 6.07 Å². The molecule has 7 heteroatoms. The molecule has 0 saturated heterocycles. The first-order valence-electron chi connectivity index (χ1n) is 8.07. The number of nitrogens with two attached hydrogens (primary N) is 1. The molecule has 0 aliphatic rings. The Bertz CT molecular complexity index is 525. The number of carbonyl (C=O) groups excluding carboxylic acids is 1. The number of hydrogen-bond acceptors (Lipinski definition) is 4. The van der Waals surface area contributed by atoms with Crippen molar-refractivity contribution in [3.63, 3.8) is 0 Å². The van der Waals surface area contributed by atoms with Crippen molar-refractivity contribution in [1.29, 1.82) is 0 Å². The quantitative estimate of drug-likeness (QED) is 0.684. The minimum Gasteiger partial charge on any atom is -0.493 e. The van der Waals surface area contributed by atoms with E-state index in [0.717, 1.165) is 6.42 Å².